The topological polar surface area (TPSA) is 127 Å². The lowest BCUT2D eigenvalue weighted by Gasteiger charge is -2.21. The molecule has 0 fully saturated rings. The number of carbonyl (C=O) groups excluding carboxylic acids is 1. The van der Waals surface area contributed by atoms with Gasteiger partial charge in [0.05, 0.1) is 33.1 Å². The summed E-state index contributed by atoms with van der Waals surface area (Å²) in [4.78, 5) is 27.8. The quantitative estimate of drug-likeness (QED) is 0.588. The van der Waals surface area contributed by atoms with E-state index in [1.807, 2.05) is 0 Å². The molecule has 27 heavy (non-hydrogen) atoms. The van der Waals surface area contributed by atoms with Gasteiger partial charge < -0.3 is 29.7 Å². The summed E-state index contributed by atoms with van der Waals surface area (Å²) < 4.78 is 15.6. The summed E-state index contributed by atoms with van der Waals surface area (Å²) in [7, 11) is 2.95. The molecule has 0 spiro atoms. The molecule has 1 unspecified atom stereocenters. The molecule has 2 aromatic rings. The van der Waals surface area contributed by atoms with Crippen molar-refractivity contribution in [2.75, 3.05) is 32.7 Å². The molecule has 0 saturated heterocycles. The number of fused-ring (bicyclic) bond motifs is 1. The van der Waals surface area contributed by atoms with Crippen LogP contribution in [-0.2, 0) is 9.53 Å². The Morgan fingerprint density at radius 3 is 2.52 bits per heavy atom. The van der Waals surface area contributed by atoms with E-state index < -0.39 is 17.5 Å². The Morgan fingerprint density at radius 1 is 1.26 bits per heavy atom. The highest BCUT2D eigenvalue weighted by molar-refractivity contribution is 6.06. The maximum atomic E-state index is 12.3. The van der Waals surface area contributed by atoms with Crippen LogP contribution in [0.25, 0.3) is 10.9 Å². The second-order valence-electron chi connectivity index (χ2n) is 5.93. The molecule has 9 heteroatoms. The van der Waals surface area contributed by atoms with E-state index in [4.69, 9.17) is 19.3 Å². The molecule has 0 aliphatic heterocycles. The van der Waals surface area contributed by atoms with Gasteiger partial charge in [-0.2, -0.15) is 0 Å². The molecule has 0 aliphatic carbocycles. The van der Waals surface area contributed by atoms with Crippen molar-refractivity contribution in [2.45, 2.75) is 19.4 Å². The molecule has 3 N–H and O–H groups in total. The molecule has 2 rings (SSSR count). The average molecular weight is 378 g/mol. The fourth-order valence-corrected chi connectivity index (χ4v) is 2.41. The first kappa shape index (κ1) is 20.2. The summed E-state index contributed by atoms with van der Waals surface area (Å²) in [6.45, 7) is 2.62. The van der Waals surface area contributed by atoms with Crippen LogP contribution >= 0.6 is 0 Å². The molecular weight excluding hydrogens is 356 g/mol. The molecule has 1 aromatic carbocycles. The van der Waals surface area contributed by atoms with Crippen molar-refractivity contribution in [3.05, 3.63) is 23.9 Å². The van der Waals surface area contributed by atoms with Crippen molar-refractivity contribution in [1.82, 2.24) is 4.98 Å². The number of methoxy groups -OCH3 is 2. The predicted octanol–water partition coefficient (Wildman–Crippen LogP) is 1.68. The highest BCUT2D eigenvalue weighted by Crippen LogP contribution is 2.36. The summed E-state index contributed by atoms with van der Waals surface area (Å²) in [6, 6.07) is 3.27. The molecule has 9 nitrogen and oxygen atoms in total. The third-order valence-electron chi connectivity index (χ3n) is 3.93. The lowest BCUT2D eigenvalue weighted by Crippen LogP contribution is -2.42. The van der Waals surface area contributed by atoms with E-state index in [-0.39, 0.29) is 24.4 Å². The van der Waals surface area contributed by atoms with Crippen molar-refractivity contribution in [2.24, 2.45) is 0 Å². The fourth-order valence-electron chi connectivity index (χ4n) is 2.41. The molecular formula is C18H22N2O7. The molecule has 1 aromatic heterocycles. The number of carboxylic acid groups (broad SMARTS) is 1. The summed E-state index contributed by atoms with van der Waals surface area (Å²) in [5.41, 5.74) is -1.26. The summed E-state index contributed by atoms with van der Waals surface area (Å²) in [5, 5.41) is 22.4. The number of esters is 1. The molecule has 0 aliphatic rings. The summed E-state index contributed by atoms with van der Waals surface area (Å²) >= 11 is 0. The minimum atomic E-state index is -2.05. The standard InChI is InChI=1S/C18H22N2O7/c1-5-27-16(21)12-8-19-15-11(6-10(25-3)7-13(15)26-4)14(12)20-9-18(2,24)17(22)23/h6-8,24H,5,9H2,1-4H3,(H,19,20)(H,22,23). The van der Waals surface area contributed by atoms with E-state index in [0.717, 1.165) is 6.92 Å². The fraction of sp³-hybridized carbons (Fsp3) is 0.389. The van der Waals surface area contributed by atoms with Crippen LogP contribution in [0.2, 0.25) is 0 Å². The molecule has 1 heterocycles. The highest BCUT2D eigenvalue weighted by Gasteiger charge is 2.31. The van der Waals surface area contributed by atoms with E-state index in [1.165, 1.54) is 20.4 Å². The number of aliphatic carboxylic acids is 1. The van der Waals surface area contributed by atoms with Crippen LogP contribution in [0.1, 0.15) is 24.2 Å². The first-order chi connectivity index (χ1) is 12.7. The zero-order valence-corrected chi connectivity index (χ0v) is 15.5. The number of carboxylic acids is 1. The Morgan fingerprint density at radius 2 is 1.96 bits per heavy atom. The Balaban J connectivity index is 2.67. The summed E-state index contributed by atoms with van der Waals surface area (Å²) in [6.07, 6.45) is 1.31. The van der Waals surface area contributed by atoms with Crippen LogP contribution in [0, 0.1) is 0 Å². The molecule has 146 valence electrons. The van der Waals surface area contributed by atoms with Crippen LogP contribution in [0.3, 0.4) is 0 Å². The lowest BCUT2D eigenvalue weighted by molar-refractivity contribution is -0.155. The number of nitrogens with one attached hydrogen (secondary N) is 1. The first-order valence-corrected chi connectivity index (χ1v) is 8.16. The number of nitrogens with zero attached hydrogens (tertiary/aromatic N) is 1. The van der Waals surface area contributed by atoms with Crippen molar-refractivity contribution in [3.63, 3.8) is 0 Å². The number of rotatable bonds is 8. The Hall–Kier alpha value is -3.07. The van der Waals surface area contributed by atoms with Gasteiger partial charge in [0.25, 0.3) is 0 Å². The van der Waals surface area contributed by atoms with E-state index >= 15 is 0 Å². The van der Waals surface area contributed by atoms with Gasteiger partial charge in [-0.1, -0.05) is 0 Å². The van der Waals surface area contributed by atoms with Gasteiger partial charge in [-0.3, -0.25) is 4.98 Å². The predicted molar refractivity (Wildman–Crippen MR) is 97.6 cm³/mol. The van der Waals surface area contributed by atoms with Crippen LogP contribution < -0.4 is 14.8 Å². The van der Waals surface area contributed by atoms with E-state index in [2.05, 4.69) is 10.3 Å². The third-order valence-corrected chi connectivity index (χ3v) is 3.93. The summed E-state index contributed by atoms with van der Waals surface area (Å²) in [5.74, 6) is -1.17. The van der Waals surface area contributed by atoms with Crippen LogP contribution in [0.5, 0.6) is 11.5 Å². The number of aliphatic hydroxyl groups is 1. The maximum absolute atomic E-state index is 12.3. The number of hydrogen-bond acceptors (Lipinski definition) is 8. The second kappa shape index (κ2) is 8.09. The highest BCUT2D eigenvalue weighted by atomic mass is 16.5. The van der Waals surface area contributed by atoms with Crippen molar-refractivity contribution >= 4 is 28.5 Å². The monoisotopic (exact) mass is 378 g/mol. The van der Waals surface area contributed by atoms with Gasteiger partial charge in [0.1, 0.15) is 22.6 Å². The molecule has 0 radical (unpaired) electrons. The lowest BCUT2D eigenvalue weighted by atomic mass is 10.0. The number of anilines is 1. The number of benzene rings is 1. The van der Waals surface area contributed by atoms with Crippen LogP contribution in [0.4, 0.5) is 5.69 Å². The number of pyridine rings is 1. The van der Waals surface area contributed by atoms with Gasteiger partial charge in [-0.25, -0.2) is 9.59 Å². The number of ether oxygens (including phenoxy) is 3. The average Bonchev–Trinajstić information content (AvgIpc) is 2.64. The van der Waals surface area contributed by atoms with Crippen LogP contribution in [0.15, 0.2) is 18.3 Å². The second-order valence-corrected chi connectivity index (χ2v) is 5.93. The molecule has 0 amide bonds. The Labute approximate surface area is 155 Å². The minimum Gasteiger partial charge on any atom is -0.497 e. The first-order valence-electron chi connectivity index (χ1n) is 8.16. The van der Waals surface area contributed by atoms with Gasteiger partial charge in [0, 0.05) is 17.6 Å². The maximum Gasteiger partial charge on any atom is 0.341 e. The van der Waals surface area contributed by atoms with E-state index in [1.54, 1.807) is 19.1 Å². The normalized spacial score (nSPS) is 12.9. The van der Waals surface area contributed by atoms with Gasteiger partial charge in [0.15, 0.2) is 5.60 Å². The number of hydrogen-bond donors (Lipinski definition) is 3. The van der Waals surface area contributed by atoms with Crippen molar-refractivity contribution in [1.29, 1.82) is 0 Å². The molecule has 1 atom stereocenters. The van der Waals surface area contributed by atoms with Gasteiger partial charge >= 0.3 is 11.9 Å². The SMILES string of the molecule is CCOC(=O)c1cnc2c(OC)cc(OC)cc2c1NCC(C)(O)C(=O)O. The van der Waals surface area contributed by atoms with E-state index in [9.17, 15) is 14.7 Å². The largest absolute Gasteiger partial charge is 0.497 e. The third kappa shape index (κ3) is 4.20. The van der Waals surface area contributed by atoms with Gasteiger partial charge in [0.2, 0.25) is 0 Å². The van der Waals surface area contributed by atoms with Crippen molar-refractivity contribution < 1.29 is 34.0 Å². The number of carbonyl (C=O) groups is 2. The van der Waals surface area contributed by atoms with Crippen LogP contribution in [-0.4, -0.2) is 60.1 Å². The zero-order valence-electron chi connectivity index (χ0n) is 15.5. The van der Waals surface area contributed by atoms with Gasteiger partial charge in [-0.05, 0) is 19.9 Å². The zero-order chi connectivity index (χ0) is 20.2. The van der Waals surface area contributed by atoms with Gasteiger partial charge in [-0.15, -0.1) is 0 Å². The van der Waals surface area contributed by atoms with E-state index in [0.29, 0.717) is 22.4 Å². The van der Waals surface area contributed by atoms with Crippen molar-refractivity contribution in [3.8, 4) is 11.5 Å². The molecule has 0 bridgehead atoms. The minimum absolute atomic E-state index is 0.0980. The smallest absolute Gasteiger partial charge is 0.341 e. The molecule has 0 saturated carbocycles. The Bertz CT molecular complexity index is 864. The number of aromatic nitrogens is 1. The Kier molecular flexibility index (Phi) is 6.06.